The van der Waals surface area contributed by atoms with Crippen LogP contribution in [0.5, 0.6) is 0 Å². The molecule has 0 aliphatic rings. The van der Waals surface area contributed by atoms with Crippen molar-refractivity contribution >= 4 is 44.2 Å². The van der Waals surface area contributed by atoms with Crippen molar-refractivity contribution in [3.05, 3.63) is 67.8 Å². The van der Waals surface area contributed by atoms with Crippen molar-refractivity contribution < 1.29 is 49.3 Å². The number of carboxylic acids is 1. The number of halogens is 1. The number of carboxylic acid groups (broad SMARTS) is 1. The Morgan fingerprint density at radius 3 is 2.44 bits per heavy atom. The van der Waals surface area contributed by atoms with Crippen molar-refractivity contribution in [3.63, 3.8) is 0 Å². The number of hydrogen-bond donors (Lipinski definition) is 3. The number of aromatic carboxylic acids is 1. The minimum atomic E-state index is -4.61. The van der Waals surface area contributed by atoms with Gasteiger partial charge in [0.15, 0.2) is 0 Å². The molecule has 0 saturated heterocycles. The smallest absolute Gasteiger partial charge is 1.00 e. The van der Waals surface area contributed by atoms with Crippen LogP contribution < -0.4 is 46.5 Å². The number of H-pyrrole nitrogens is 1. The second-order valence-corrected chi connectivity index (χ2v) is 7.47. The molecule has 1 aromatic heterocycles. The summed E-state index contributed by atoms with van der Waals surface area (Å²) in [6, 6.07) is 6.77. The monoisotopic (exact) mass is 419 g/mol. The van der Waals surface area contributed by atoms with E-state index in [0.29, 0.717) is 0 Å². The zero-order chi connectivity index (χ0) is 19.2. The van der Waals surface area contributed by atoms with Crippen molar-refractivity contribution in [2.24, 2.45) is 0 Å². The van der Waals surface area contributed by atoms with Gasteiger partial charge in [0.05, 0.1) is 21.4 Å². The number of aromatic nitrogens is 2. The zero-order valence-corrected chi connectivity index (χ0v) is 17.3. The number of benzene rings is 2. The van der Waals surface area contributed by atoms with Crippen LogP contribution in [0.4, 0.5) is 5.69 Å². The molecule has 4 N–H and O–H groups in total. The molecule has 0 atom stereocenters. The molecule has 0 radical (unpaired) electrons. The van der Waals surface area contributed by atoms with Gasteiger partial charge < -0.3 is 17.3 Å². The molecule has 3 aromatic rings. The number of nitrogens with two attached hydrogens (primary N) is 1. The quantitative estimate of drug-likeness (QED) is 0.327. The van der Waals surface area contributed by atoms with E-state index in [1.165, 1.54) is 18.2 Å². The van der Waals surface area contributed by atoms with Gasteiger partial charge in [0.2, 0.25) is 0 Å². The van der Waals surface area contributed by atoms with Gasteiger partial charge in [0.1, 0.15) is 0 Å². The van der Waals surface area contributed by atoms with Gasteiger partial charge in [-0.1, -0.05) is 11.6 Å². The molecule has 136 valence electrons. The Hall–Kier alpha value is -2.11. The summed E-state index contributed by atoms with van der Waals surface area (Å²) in [6.45, 7) is 0. The van der Waals surface area contributed by atoms with Crippen LogP contribution in [0.15, 0.2) is 50.9 Å². The molecular weight excluding hydrogens is 409 g/mol. The molecule has 0 bridgehead atoms. The summed E-state index contributed by atoms with van der Waals surface area (Å²) in [5, 5.41) is 9.15. The number of hydrogen-bond acceptors (Lipinski definition) is 6. The van der Waals surface area contributed by atoms with Crippen LogP contribution in [-0.4, -0.2) is 28.5 Å². The summed E-state index contributed by atoms with van der Waals surface area (Å²) in [6.07, 6.45) is 0. The summed E-state index contributed by atoms with van der Waals surface area (Å²) >= 11 is 5.80. The van der Waals surface area contributed by atoms with Gasteiger partial charge in [0, 0.05) is 10.7 Å². The number of carbonyl (C=O) groups is 1. The second kappa shape index (κ2) is 7.49. The Morgan fingerprint density at radius 2 is 1.85 bits per heavy atom. The molecule has 1 heterocycles. The van der Waals surface area contributed by atoms with Gasteiger partial charge in [-0.3, -0.25) is 4.79 Å². The standard InChI is InChI=1S/C15H10ClN3O6S.Na.H/c16-7-1-3-10-12(5-7)18-15(23)19(13(10)20)26(24,25)8-2-4-9(14(21)22)11(17)6-8;;/h1-6H,17H2,(H,18,23)(H,21,22);;/q;+1;-1. The Balaban J connectivity index is 0.00000196. The number of fused-ring (bicyclic) bond motifs is 1. The molecule has 0 aliphatic carbocycles. The maximum Gasteiger partial charge on any atom is 1.00 e. The SMILES string of the molecule is Nc1cc(S(=O)(=O)n2c(=O)[nH]c3cc(Cl)ccc3c2=O)ccc1C(=O)O.[H-].[Na+]. The number of anilines is 1. The van der Waals surface area contributed by atoms with Gasteiger partial charge in [-0.25, -0.2) is 18.0 Å². The maximum atomic E-state index is 12.7. The minimum Gasteiger partial charge on any atom is -1.00 e. The number of nitrogens with zero attached hydrogens (tertiary/aromatic N) is 1. The predicted octanol–water partition coefficient (Wildman–Crippen LogP) is -2.02. The molecule has 0 aliphatic heterocycles. The minimum absolute atomic E-state index is 0. The molecule has 27 heavy (non-hydrogen) atoms. The molecule has 0 unspecified atom stereocenters. The van der Waals surface area contributed by atoms with Crippen LogP contribution in [0.1, 0.15) is 11.8 Å². The first-order valence-corrected chi connectivity index (χ1v) is 8.77. The average molecular weight is 420 g/mol. The van der Waals surface area contributed by atoms with E-state index in [-0.39, 0.29) is 62.1 Å². The third kappa shape index (κ3) is 3.66. The van der Waals surface area contributed by atoms with Crippen molar-refractivity contribution in [2.45, 2.75) is 4.90 Å². The van der Waals surface area contributed by atoms with E-state index in [1.807, 2.05) is 0 Å². The van der Waals surface area contributed by atoms with Crippen molar-refractivity contribution in [1.82, 2.24) is 8.96 Å². The Bertz CT molecular complexity index is 1310. The molecule has 0 spiro atoms. The van der Waals surface area contributed by atoms with Crippen molar-refractivity contribution in [1.29, 1.82) is 0 Å². The van der Waals surface area contributed by atoms with Gasteiger partial charge >= 0.3 is 41.2 Å². The van der Waals surface area contributed by atoms with E-state index in [4.69, 9.17) is 22.4 Å². The Kier molecular flexibility index (Phi) is 5.88. The fourth-order valence-electron chi connectivity index (χ4n) is 2.39. The van der Waals surface area contributed by atoms with Gasteiger partial charge in [-0.2, -0.15) is 0 Å². The average Bonchev–Trinajstić information content (AvgIpc) is 2.53. The molecule has 0 saturated carbocycles. The Morgan fingerprint density at radius 1 is 1.19 bits per heavy atom. The molecule has 2 aromatic carbocycles. The number of rotatable bonds is 3. The van der Waals surface area contributed by atoms with Crippen LogP contribution in [0.2, 0.25) is 5.02 Å². The van der Waals surface area contributed by atoms with Crippen LogP contribution >= 0.6 is 11.6 Å². The molecule has 0 fully saturated rings. The first-order valence-electron chi connectivity index (χ1n) is 6.96. The third-order valence-corrected chi connectivity index (χ3v) is 5.51. The number of nitrogen functional groups attached to an aromatic ring is 1. The second-order valence-electron chi connectivity index (χ2n) is 5.25. The first-order chi connectivity index (χ1) is 12.1. The third-order valence-electron chi connectivity index (χ3n) is 3.61. The predicted molar refractivity (Wildman–Crippen MR) is 95.3 cm³/mol. The zero-order valence-electron chi connectivity index (χ0n) is 14.8. The van der Waals surface area contributed by atoms with Gasteiger partial charge in [-0.05, 0) is 36.4 Å². The summed E-state index contributed by atoms with van der Waals surface area (Å²) in [7, 11) is -4.61. The van der Waals surface area contributed by atoms with Gasteiger partial charge in [0.25, 0.3) is 15.6 Å². The Labute approximate surface area is 180 Å². The number of nitrogens with one attached hydrogen (secondary N) is 1. The van der Waals surface area contributed by atoms with E-state index < -0.39 is 32.1 Å². The normalized spacial score (nSPS) is 11.1. The van der Waals surface area contributed by atoms with E-state index in [9.17, 15) is 22.8 Å². The molecular formula is C15H11ClN3NaO6S. The van der Waals surface area contributed by atoms with E-state index in [0.717, 1.165) is 18.2 Å². The fraction of sp³-hybridized carbons (Fsp3) is 0. The topological polar surface area (TPSA) is 152 Å². The molecule has 12 heteroatoms. The van der Waals surface area contributed by atoms with E-state index in [2.05, 4.69) is 4.98 Å². The maximum absolute atomic E-state index is 12.7. The summed E-state index contributed by atoms with van der Waals surface area (Å²) < 4.78 is 25.5. The van der Waals surface area contributed by atoms with Crippen molar-refractivity contribution in [2.75, 3.05) is 5.73 Å². The van der Waals surface area contributed by atoms with Crippen LogP contribution in [0, 0.1) is 0 Å². The first kappa shape index (κ1) is 21.2. The van der Waals surface area contributed by atoms with Gasteiger partial charge in [-0.15, -0.1) is 3.97 Å². The van der Waals surface area contributed by atoms with Crippen LogP contribution in [0.25, 0.3) is 10.9 Å². The summed E-state index contributed by atoms with van der Waals surface area (Å²) in [5.41, 5.74) is 2.74. The van der Waals surface area contributed by atoms with Crippen molar-refractivity contribution in [3.8, 4) is 0 Å². The molecule has 3 rings (SSSR count). The van der Waals surface area contributed by atoms with Crippen LogP contribution in [-0.2, 0) is 10.0 Å². The number of aromatic amines is 1. The largest absolute Gasteiger partial charge is 1.00 e. The van der Waals surface area contributed by atoms with Crippen LogP contribution in [0.3, 0.4) is 0 Å². The molecule has 0 amide bonds. The fourth-order valence-corrected chi connectivity index (χ4v) is 3.87. The van der Waals surface area contributed by atoms with E-state index in [1.54, 1.807) is 0 Å². The summed E-state index contributed by atoms with van der Waals surface area (Å²) in [5.74, 6) is -1.34. The summed E-state index contributed by atoms with van der Waals surface area (Å²) in [4.78, 5) is 37.5. The van der Waals surface area contributed by atoms with E-state index >= 15 is 0 Å². The molecule has 9 nitrogen and oxygen atoms in total.